The van der Waals surface area contributed by atoms with Gasteiger partial charge in [0.25, 0.3) is 11.8 Å². The van der Waals surface area contributed by atoms with Gasteiger partial charge in [-0.1, -0.05) is 6.07 Å². The van der Waals surface area contributed by atoms with Crippen LogP contribution in [0.2, 0.25) is 0 Å². The van der Waals surface area contributed by atoms with Gasteiger partial charge >= 0.3 is 6.18 Å². The molecule has 0 saturated carbocycles. The van der Waals surface area contributed by atoms with E-state index in [1.165, 1.54) is 30.6 Å². The Labute approximate surface area is 135 Å². The van der Waals surface area contributed by atoms with Gasteiger partial charge in [0.2, 0.25) is 0 Å². The molecule has 1 aromatic carbocycles. The van der Waals surface area contributed by atoms with Crippen LogP contribution >= 0.6 is 12.4 Å². The molecule has 0 radical (unpaired) electrons. The quantitative estimate of drug-likeness (QED) is 0.822. The predicted octanol–water partition coefficient (Wildman–Crippen LogP) is 2.60. The first kappa shape index (κ1) is 18.4. The first-order valence-corrected chi connectivity index (χ1v) is 6.06. The van der Waals surface area contributed by atoms with E-state index < -0.39 is 23.6 Å². The number of hydrogen-bond acceptors (Lipinski definition) is 3. The van der Waals surface area contributed by atoms with Gasteiger partial charge in [-0.25, -0.2) is 0 Å². The molecule has 2 aromatic rings. The Morgan fingerprint density at radius 3 is 2.04 bits per heavy atom. The van der Waals surface area contributed by atoms with Crippen molar-refractivity contribution in [3.8, 4) is 0 Å². The van der Waals surface area contributed by atoms with E-state index in [1.54, 1.807) is 0 Å². The molecule has 23 heavy (non-hydrogen) atoms. The third kappa shape index (κ3) is 4.96. The van der Waals surface area contributed by atoms with Crippen LogP contribution in [-0.4, -0.2) is 16.8 Å². The molecule has 0 saturated heterocycles. The van der Waals surface area contributed by atoms with Gasteiger partial charge in [0.1, 0.15) is 0 Å². The summed E-state index contributed by atoms with van der Waals surface area (Å²) in [5.74, 6) is -1.46. The van der Waals surface area contributed by atoms with Gasteiger partial charge in [0.15, 0.2) is 0 Å². The van der Waals surface area contributed by atoms with Crippen molar-refractivity contribution in [3.63, 3.8) is 0 Å². The van der Waals surface area contributed by atoms with Crippen molar-refractivity contribution >= 4 is 24.2 Å². The largest absolute Gasteiger partial charge is 0.416 e. The van der Waals surface area contributed by atoms with Gasteiger partial charge in [0.05, 0.1) is 5.56 Å². The van der Waals surface area contributed by atoms with Gasteiger partial charge in [0, 0.05) is 23.5 Å². The number of halogens is 4. The van der Waals surface area contributed by atoms with Crippen molar-refractivity contribution in [3.05, 3.63) is 65.5 Å². The minimum atomic E-state index is -4.55. The molecule has 0 aliphatic heterocycles. The summed E-state index contributed by atoms with van der Waals surface area (Å²) in [6.45, 7) is 0. The Bertz CT molecular complexity index is 693. The zero-order valence-electron chi connectivity index (χ0n) is 11.4. The van der Waals surface area contributed by atoms with Gasteiger partial charge < -0.3 is 0 Å². The van der Waals surface area contributed by atoms with Crippen LogP contribution < -0.4 is 10.9 Å². The van der Waals surface area contributed by atoms with Gasteiger partial charge in [-0.15, -0.1) is 12.4 Å². The second-order valence-electron chi connectivity index (χ2n) is 4.22. The van der Waals surface area contributed by atoms with E-state index in [2.05, 4.69) is 10.4 Å². The van der Waals surface area contributed by atoms with Crippen LogP contribution in [0.1, 0.15) is 26.3 Å². The molecule has 0 unspecified atom stereocenters. The zero-order chi connectivity index (χ0) is 16.2. The van der Waals surface area contributed by atoms with E-state index in [-0.39, 0.29) is 23.5 Å². The highest BCUT2D eigenvalue weighted by molar-refractivity contribution is 5.99. The number of nitrogens with zero attached hydrogens (tertiary/aromatic N) is 1. The van der Waals surface area contributed by atoms with E-state index in [0.29, 0.717) is 6.07 Å². The third-order valence-corrected chi connectivity index (χ3v) is 2.68. The number of rotatable bonds is 2. The van der Waals surface area contributed by atoms with Crippen molar-refractivity contribution in [1.82, 2.24) is 15.8 Å². The van der Waals surface area contributed by atoms with Crippen LogP contribution in [0, 0.1) is 0 Å². The van der Waals surface area contributed by atoms with Crippen molar-refractivity contribution in [2.24, 2.45) is 0 Å². The Kier molecular flexibility index (Phi) is 6.09. The molecule has 9 heteroatoms. The average Bonchev–Trinajstić information content (AvgIpc) is 2.52. The normalized spacial score (nSPS) is 10.4. The number of hydrogen-bond donors (Lipinski definition) is 2. The monoisotopic (exact) mass is 345 g/mol. The summed E-state index contributed by atoms with van der Waals surface area (Å²) >= 11 is 0. The molecule has 0 bridgehead atoms. The van der Waals surface area contributed by atoms with E-state index in [4.69, 9.17) is 0 Å². The molecule has 0 aliphatic carbocycles. The first-order chi connectivity index (χ1) is 10.4. The van der Waals surface area contributed by atoms with Crippen LogP contribution in [0.25, 0.3) is 0 Å². The van der Waals surface area contributed by atoms with Crippen molar-refractivity contribution in [1.29, 1.82) is 0 Å². The molecular weight excluding hydrogens is 335 g/mol. The SMILES string of the molecule is Cl.O=C(NNC(=O)c1cccc(C(F)(F)F)c1)c1ccncc1. The maximum absolute atomic E-state index is 12.6. The molecule has 2 amide bonds. The Morgan fingerprint density at radius 2 is 1.48 bits per heavy atom. The minimum Gasteiger partial charge on any atom is -0.267 e. The number of amides is 2. The lowest BCUT2D eigenvalue weighted by Crippen LogP contribution is -2.41. The molecule has 5 nitrogen and oxygen atoms in total. The number of pyridine rings is 1. The summed E-state index contributed by atoms with van der Waals surface area (Å²) in [6, 6.07) is 6.73. The fraction of sp³-hybridized carbons (Fsp3) is 0.0714. The zero-order valence-corrected chi connectivity index (χ0v) is 12.2. The summed E-state index contributed by atoms with van der Waals surface area (Å²) in [6.07, 6.45) is -1.76. The second kappa shape index (κ2) is 7.59. The summed E-state index contributed by atoms with van der Waals surface area (Å²) in [4.78, 5) is 27.2. The molecular formula is C14H11ClF3N3O2. The van der Waals surface area contributed by atoms with E-state index in [1.807, 2.05) is 5.43 Å². The lowest BCUT2D eigenvalue weighted by atomic mass is 10.1. The average molecular weight is 346 g/mol. The number of nitrogens with one attached hydrogen (secondary N) is 2. The fourth-order valence-corrected chi connectivity index (χ4v) is 1.60. The number of aromatic nitrogens is 1. The highest BCUT2D eigenvalue weighted by Crippen LogP contribution is 2.29. The fourth-order valence-electron chi connectivity index (χ4n) is 1.60. The number of carbonyl (C=O) groups is 2. The standard InChI is InChI=1S/C14H10F3N3O2.ClH/c15-14(16,17)11-3-1-2-10(8-11)13(22)20-19-12(21)9-4-6-18-7-5-9;/h1-8H,(H,19,21)(H,20,22);1H. The van der Waals surface area contributed by atoms with Crippen molar-refractivity contribution < 1.29 is 22.8 Å². The van der Waals surface area contributed by atoms with Crippen molar-refractivity contribution in [2.75, 3.05) is 0 Å². The summed E-state index contributed by atoms with van der Waals surface area (Å²) in [7, 11) is 0. The number of alkyl halides is 3. The van der Waals surface area contributed by atoms with Gasteiger partial charge in [-0.3, -0.25) is 25.4 Å². The Morgan fingerprint density at radius 1 is 0.913 bits per heavy atom. The van der Waals surface area contributed by atoms with Gasteiger partial charge in [-0.2, -0.15) is 13.2 Å². The van der Waals surface area contributed by atoms with Gasteiger partial charge in [-0.05, 0) is 30.3 Å². The molecule has 1 aromatic heterocycles. The lowest BCUT2D eigenvalue weighted by Gasteiger charge is -2.10. The van der Waals surface area contributed by atoms with Crippen molar-refractivity contribution in [2.45, 2.75) is 6.18 Å². The topological polar surface area (TPSA) is 71.1 Å². The summed E-state index contributed by atoms with van der Waals surface area (Å²) < 4.78 is 37.7. The lowest BCUT2D eigenvalue weighted by molar-refractivity contribution is -0.137. The predicted molar refractivity (Wildman–Crippen MR) is 77.9 cm³/mol. The molecule has 2 N–H and O–H groups in total. The minimum absolute atomic E-state index is 0. The number of hydrazine groups is 1. The van der Waals surface area contributed by atoms with E-state index in [0.717, 1.165) is 12.1 Å². The summed E-state index contributed by atoms with van der Waals surface area (Å²) in [5.41, 5.74) is 3.25. The van der Waals surface area contributed by atoms with Crippen LogP contribution in [0.15, 0.2) is 48.8 Å². The maximum atomic E-state index is 12.6. The Balaban J connectivity index is 0.00000264. The maximum Gasteiger partial charge on any atom is 0.416 e. The highest BCUT2D eigenvalue weighted by atomic mass is 35.5. The first-order valence-electron chi connectivity index (χ1n) is 6.06. The van der Waals surface area contributed by atoms with E-state index in [9.17, 15) is 22.8 Å². The van der Waals surface area contributed by atoms with Crippen LogP contribution in [0.5, 0.6) is 0 Å². The Hall–Kier alpha value is -2.61. The molecule has 122 valence electrons. The molecule has 1 heterocycles. The molecule has 2 rings (SSSR count). The molecule has 0 spiro atoms. The number of benzene rings is 1. The third-order valence-electron chi connectivity index (χ3n) is 2.68. The highest BCUT2D eigenvalue weighted by Gasteiger charge is 2.30. The van der Waals surface area contributed by atoms with Crippen LogP contribution in [0.3, 0.4) is 0 Å². The smallest absolute Gasteiger partial charge is 0.267 e. The number of carbonyl (C=O) groups excluding carboxylic acids is 2. The second-order valence-corrected chi connectivity index (χ2v) is 4.22. The van der Waals surface area contributed by atoms with Crippen LogP contribution in [-0.2, 0) is 6.18 Å². The van der Waals surface area contributed by atoms with Crippen LogP contribution in [0.4, 0.5) is 13.2 Å². The molecule has 0 aliphatic rings. The molecule has 0 fully saturated rings. The van der Waals surface area contributed by atoms with E-state index >= 15 is 0 Å². The summed E-state index contributed by atoms with van der Waals surface area (Å²) in [5, 5.41) is 0. The molecule has 0 atom stereocenters.